The second kappa shape index (κ2) is 10.0. The summed E-state index contributed by atoms with van der Waals surface area (Å²) in [6.45, 7) is 0. The number of carbonyl (C=O) groups is 2. The SMILES string of the molecule is O=C(O)c1ccc(/C=N/c2ccc(-c3nnc(/N=C/c4ccc(C(=O)O)cc4)nn3)cc2)cc1. The van der Waals surface area contributed by atoms with E-state index in [2.05, 4.69) is 30.4 Å². The highest BCUT2D eigenvalue weighted by Gasteiger charge is 2.05. The molecule has 0 amide bonds. The molecule has 0 saturated carbocycles. The maximum Gasteiger partial charge on any atom is 0.335 e. The number of rotatable bonds is 7. The first kappa shape index (κ1) is 22.1. The molecule has 4 aromatic rings. The molecule has 0 spiro atoms. The molecular formula is C24H16N6O4. The first-order chi connectivity index (χ1) is 16.5. The Morgan fingerprint density at radius 3 is 1.56 bits per heavy atom. The monoisotopic (exact) mass is 452 g/mol. The van der Waals surface area contributed by atoms with Crippen LogP contribution in [0.1, 0.15) is 31.8 Å². The van der Waals surface area contributed by atoms with E-state index < -0.39 is 11.9 Å². The summed E-state index contributed by atoms with van der Waals surface area (Å²) in [5.74, 6) is -1.58. The molecule has 3 aromatic carbocycles. The summed E-state index contributed by atoms with van der Waals surface area (Å²) in [7, 11) is 0. The number of aromatic carboxylic acids is 2. The van der Waals surface area contributed by atoms with Gasteiger partial charge in [0.25, 0.3) is 5.95 Å². The Morgan fingerprint density at radius 1 is 0.618 bits per heavy atom. The van der Waals surface area contributed by atoms with Crippen molar-refractivity contribution in [1.29, 1.82) is 0 Å². The van der Waals surface area contributed by atoms with Gasteiger partial charge in [-0.3, -0.25) is 4.99 Å². The van der Waals surface area contributed by atoms with E-state index in [0.717, 1.165) is 5.56 Å². The van der Waals surface area contributed by atoms with E-state index in [1.807, 2.05) is 0 Å². The second-order valence-corrected chi connectivity index (χ2v) is 6.94. The van der Waals surface area contributed by atoms with E-state index in [1.54, 1.807) is 54.7 Å². The third-order valence-electron chi connectivity index (χ3n) is 4.60. The van der Waals surface area contributed by atoms with Crippen LogP contribution in [-0.2, 0) is 0 Å². The Labute approximate surface area is 193 Å². The Morgan fingerprint density at radius 2 is 1.09 bits per heavy atom. The topological polar surface area (TPSA) is 151 Å². The van der Waals surface area contributed by atoms with Gasteiger partial charge in [0, 0.05) is 18.0 Å². The lowest BCUT2D eigenvalue weighted by atomic mass is 10.1. The maximum atomic E-state index is 10.9. The van der Waals surface area contributed by atoms with Crippen molar-refractivity contribution in [3.63, 3.8) is 0 Å². The van der Waals surface area contributed by atoms with Crippen LogP contribution in [0.5, 0.6) is 0 Å². The Balaban J connectivity index is 1.39. The van der Waals surface area contributed by atoms with Gasteiger partial charge in [0.1, 0.15) is 0 Å². The summed E-state index contributed by atoms with van der Waals surface area (Å²) >= 11 is 0. The molecule has 0 radical (unpaired) electrons. The van der Waals surface area contributed by atoms with Gasteiger partial charge in [0.05, 0.1) is 16.8 Å². The quantitative estimate of drug-likeness (QED) is 0.402. The van der Waals surface area contributed by atoms with Crippen LogP contribution in [0, 0.1) is 0 Å². The van der Waals surface area contributed by atoms with E-state index in [0.29, 0.717) is 22.6 Å². The van der Waals surface area contributed by atoms with Gasteiger partial charge in [-0.2, -0.15) is 0 Å². The first-order valence-electron chi connectivity index (χ1n) is 9.90. The molecule has 34 heavy (non-hydrogen) atoms. The minimum Gasteiger partial charge on any atom is -0.478 e. The van der Waals surface area contributed by atoms with Crippen LogP contribution in [0.25, 0.3) is 11.4 Å². The molecule has 2 N–H and O–H groups in total. The molecule has 0 aliphatic carbocycles. The zero-order valence-electron chi connectivity index (χ0n) is 17.5. The summed E-state index contributed by atoms with van der Waals surface area (Å²) in [4.78, 5) is 30.3. The zero-order chi connectivity index (χ0) is 23.9. The van der Waals surface area contributed by atoms with Gasteiger partial charge < -0.3 is 10.2 Å². The molecular weight excluding hydrogens is 436 g/mol. The number of hydrogen-bond acceptors (Lipinski definition) is 8. The van der Waals surface area contributed by atoms with E-state index >= 15 is 0 Å². The standard InChI is InChI=1S/C24H16N6O4/c31-22(32)18-5-1-15(2-6-18)13-25-20-11-9-17(10-12-20)21-27-29-24(30-28-21)26-14-16-3-7-19(8-4-16)23(33)34/h1-14H,(H,31,32)(H,33,34)/b25-13+,26-14+. The normalized spacial score (nSPS) is 11.2. The van der Waals surface area contributed by atoms with Crippen molar-refractivity contribution in [3.8, 4) is 11.4 Å². The number of carboxylic acid groups (broad SMARTS) is 2. The summed E-state index contributed by atoms with van der Waals surface area (Å²) in [5, 5.41) is 33.8. The average Bonchev–Trinajstić information content (AvgIpc) is 2.87. The Bertz CT molecular complexity index is 1260. The predicted octanol–water partition coefficient (Wildman–Crippen LogP) is 3.83. The molecule has 166 valence electrons. The van der Waals surface area contributed by atoms with Gasteiger partial charge in [-0.05, 0) is 59.7 Å². The fourth-order valence-electron chi connectivity index (χ4n) is 2.79. The van der Waals surface area contributed by atoms with Crippen molar-refractivity contribution in [3.05, 3.63) is 95.1 Å². The first-order valence-corrected chi connectivity index (χ1v) is 9.90. The molecule has 1 heterocycles. The van der Waals surface area contributed by atoms with E-state index in [9.17, 15) is 9.59 Å². The highest BCUT2D eigenvalue weighted by atomic mass is 16.4. The van der Waals surface area contributed by atoms with Crippen molar-refractivity contribution in [1.82, 2.24) is 20.4 Å². The summed E-state index contributed by atoms with van der Waals surface area (Å²) in [6.07, 6.45) is 3.13. The molecule has 1 aromatic heterocycles. The number of carboxylic acids is 2. The molecule has 0 atom stereocenters. The molecule has 10 nitrogen and oxygen atoms in total. The van der Waals surface area contributed by atoms with Gasteiger partial charge in [-0.15, -0.1) is 20.4 Å². The molecule has 0 saturated heterocycles. The lowest BCUT2D eigenvalue weighted by Crippen LogP contribution is -1.97. The number of hydrogen-bond donors (Lipinski definition) is 2. The van der Waals surface area contributed by atoms with Crippen LogP contribution >= 0.6 is 0 Å². The summed E-state index contributed by atoms with van der Waals surface area (Å²) in [6, 6.07) is 19.7. The van der Waals surface area contributed by atoms with Crippen molar-refractivity contribution in [2.45, 2.75) is 0 Å². The molecule has 0 bridgehead atoms. The minimum absolute atomic E-state index is 0.0706. The predicted molar refractivity (Wildman–Crippen MR) is 124 cm³/mol. The maximum absolute atomic E-state index is 10.9. The van der Waals surface area contributed by atoms with E-state index in [4.69, 9.17) is 10.2 Å². The molecule has 0 aliphatic heterocycles. The van der Waals surface area contributed by atoms with Crippen molar-refractivity contribution >= 4 is 36.0 Å². The molecule has 10 heteroatoms. The van der Waals surface area contributed by atoms with Crippen molar-refractivity contribution < 1.29 is 19.8 Å². The minimum atomic E-state index is -0.997. The van der Waals surface area contributed by atoms with Crippen molar-refractivity contribution in [2.75, 3.05) is 0 Å². The van der Waals surface area contributed by atoms with Crippen LogP contribution in [0.15, 0.2) is 82.8 Å². The molecule has 4 rings (SSSR count). The van der Waals surface area contributed by atoms with Crippen LogP contribution in [0.4, 0.5) is 11.6 Å². The lowest BCUT2D eigenvalue weighted by molar-refractivity contribution is 0.0686. The second-order valence-electron chi connectivity index (χ2n) is 6.94. The van der Waals surface area contributed by atoms with Crippen molar-refractivity contribution in [2.24, 2.45) is 9.98 Å². The highest BCUT2D eigenvalue weighted by molar-refractivity contribution is 5.90. The Hall–Kier alpha value is -5.12. The Kier molecular flexibility index (Phi) is 6.50. The van der Waals surface area contributed by atoms with E-state index in [1.165, 1.54) is 30.5 Å². The van der Waals surface area contributed by atoms with Gasteiger partial charge in [0.2, 0.25) is 5.82 Å². The fourth-order valence-corrected chi connectivity index (χ4v) is 2.79. The fraction of sp³-hybridized carbons (Fsp3) is 0. The molecule has 0 unspecified atom stereocenters. The number of aromatic nitrogens is 4. The van der Waals surface area contributed by atoms with Gasteiger partial charge in [0.15, 0.2) is 0 Å². The zero-order valence-corrected chi connectivity index (χ0v) is 17.5. The van der Waals surface area contributed by atoms with E-state index in [-0.39, 0.29) is 17.1 Å². The molecule has 0 aliphatic rings. The summed E-state index contributed by atoms with van der Waals surface area (Å²) < 4.78 is 0. The number of nitrogens with zero attached hydrogens (tertiary/aromatic N) is 6. The third kappa shape index (κ3) is 5.56. The van der Waals surface area contributed by atoms with Gasteiger partial charge in [-0.25, -0.2) is 14.6 Å². The number of aliphatic imine (C=N–C) groups is 2. The summed E-state index contributed by atoms with van der Waals surface area (Å²) in [5.41, 5.74) is 3.26. The highest BCUT2D eigenvalue weighted by Crippen LogP contribution is 2.19. The third-order valence-corrected chi connectivity index (χ3v) is 4.60. The van der Waals surface area contributed by atoms with Crippen LogP contribution in [-0.4, -0.2) is 55.0 Å². The lowest BCUT2D eigenvalue weighted by Gasteiger charge is -2.00. The number of benzene rings is 3. The van der Waals surface area contributed by atoms with Crippen LogP contribution in [0.2, 0.25) is 0 Å². The molecule has 0 fully saturated rings. The van der Waals surface area contributed by atoms with Crippen LogP contribution in [0.3, 0.4) is 0 Å². The largest absolute Gasteiger partial charge is 0.478 e. The van der Waals surface area contributed by atoms with Gasteiger partial charge in [-0.1, -0.05) is 24.3 Å². The van der Waals surface area contributed by atoms with Gasteiger partial charge >= 0.3 is 11.9 Å². The average molecular weight is 452 g/mol. The smallest absolute Gasteiger partial charge is 0.335 e. The van der Waals surface area contributed by atoms with Crippen LogP contribution < -0.4 is 0 Å².